The normalized spacial score (nSPS) is 17.3. The summed E-state index contributed by atoms with van der Waals surface area (Å²) in [6.07, 6.45) is 7.01. The van der Waals surface area contributed by atoms with Crippen LogP contribution in [0.4, 0.5) is 26.0 Å². The van der Waals surface area contributed by atoms with Gasteiger partial charge in [0.15, 0.2) is 0 Å². The standard InChI is InChI=1S/C40H35F2N5O3S/c41-27-8-11-29-33(21-27)47(16-12-26-20-34(51-36(26)29)35-31(42)4-2-15-43-35)39(49)24-6-9-28(10-7-24)44-38(48)30-19-25-3-1-5-32(25)45-37(30)46-22-40(23-46)13-17-50-18-14-40/h2,4,6-11,15,19-21H,1,3,5,12-14,16-18,22-23H2,(H,44,48). The molecule has 2 aromatic carbocycles. The summed E-state index contributed by atoms with van der Waals surface area (Å²) in [5.74, 6) is -0.631. The number of anilines is 3. The monoisotopic (exact) mass is 703 g/mol. The van der Waals surface area contributed by atoms with Gasteiger partial charge in [-0.05, 0) is 116 Å². The Morgan fingerprint density at radius 1 is 0.922 bits per heavy atom. The number of hydrogen-bond acceptors (Lipinski definition) is 7. The third-order valence-corrected chi connectivity index (χ3v) is 11.9. The van der Waals surface area contributed by atoms with Crippen molar-refractivity contribution in [1.82, 2.24) is 9.97 Å². The van der Waals surface area contributed by atoms with Crippen molar-refractivity contribution in [2.75, 3.05) is 48.0 Å². The lowest BCUT2D eigenvalue weighted by Gasteiger charge is -2.53. The van der Waals surface area contributed by atoms with Crippen LogP contribution in [0.25, 0.3) is 21.0 Å². The lowest BCUT2D eigenvalue weighted by molar-refractivity contribution is -0.000520. The molecule has 51 heavy (non-hydrogen) atoms. The van der Waals surface area contributed by atoms with Gasteiger partial charge in [0, 0.05) is 71.8 Å². The van der Waals surface area contributed by atoms with Gasteiger partial charge in [-0.1, -0.05) is 0 Å². The first-order chi connectivity index (χ1) is 24.8. The van der Waals surface area contributed by atoms with Crippen LogP contribution in [-0.2, 0) is 24.0 Å². The van der Waals surface area contributed by atoms with Gasteiger partial charge in [-0.2, -0.15) is 0 Å². The maximum atomic E-state index is 14.7. The maximum absolute atomic E-state index is 14.7. The second-order valence-corrected chi connectivity index (χ2v) is 15.0. The molecular formula is C40H35F2N5O3S. The highest BCUT2D eigenvalue weighted by molar-refractivity contribution is 7.19. The van der Waals surface area contributed by atoms with E-state index in [0.717, 1.165) is 85.9 Å². The molecule has 258 valence electrons. The average molecular weight is 704 g/mol. The van der Waals surface area contributed by atoms with Gasteiger partial charge < -0.3 is 19.9 Å². The van der Waals surface area contributed by atoms with E-state index in [0.29, 0.717) is 45.9 Å². The van der Waals surface area contributed by atoms with Crippen LogP contribution >= 0.6 is 11.3 Å². The molecule has 0 radical (unpaired) electrons. The first kappa shape index (κ1) is 31.9. The minimum absolute atomic E-state index is 0.229. The smallest absolute Gasteiger partial charge is 0.259 e. The van der Waals surface area contributed by atoms with Gasteiger partial charge in [0.2, 0.25) is 0 Å². The first-order valence-corrected chi connectivity index (χ1v) is 18.3. The summed E-state index contributed by atoms with van der Waals surface area (Å²) in [6.45, 7) is 3.62. The molecule has 2 saturated heterocycles. The predicted molar refractivity (Wildman–Crippen MR) is 194 cm³/mol. The molecule has 2 amide bonds. The molecule has 5 aromatic rings. The largest absolute Gasteiger partial charge is 0.381 e. The molecule has 0 saturated carbocycles. The number of nitrogens with zero attached hydrogens (tertiary/aromatic N) is 4. The van der Waals surface area contributed by atoms with E-state index in [9.17, 15) is 18.4 Å². The van der Waals surface area contributed by atoms with Crippen molar-refractivity contribution in [3.05, 3.63) is 113 Å². The molecule has 0 atom stereocenters. The second kappa shape index (κ2) is 12.6. The van der Waals surface area contributed by atoms with E-state index in [2.05, 4.69) is 15.2 Å². The maximum Gasteiger partial charge on any atom is 0.259 e. The van der Waals surface area contributed by atoms with Crippen molar-refractivity contribution in [1.29, 1.82) is 0 Å². The Morgan fingerprint density at radius 3 is 2.55 bits per heavy atom. The summed E-state index contributed by atoms with van der Waals surface area (Å²) in [5, 5.41) is 3.04. The van der Waals surface area contributed by atoms with Crippen LogP contribution in [0.1, 0.15) is 56.8 Å². The number of halogens is 2. The van der Waals surface area contributed by atoms with Crippen molar-refractivity contribution >= 4 is 40.3 Å². The van der Waals surface area contributed by atoms with Crippen molar-refractivity contribution in [3.63, 3.8) is 0 Å². The van der Waals surface area contributed by atoms with E-state index in [4.69, 9.17) is 9.72 Å². The van der Waals surface area contributed by atoms with Crippen molar-refractivity contribution in [3.8, 4) is 21.0 Å². The number of carbonyl (C=O) groups excluding carboxylic acids is 2. The number of fused-ring (bicyclic) bond motifs is 4. The minimum atomic E-state index is -0.456. The number of nitrogens with one attached hydrogen (secondary N) is 1. The summed E-state index contributed by atoms with van der Waals surface area (Å²) in [6, 6.07) is 18.1. The fourth-order valence-corrected chi connectivity index (χ4v) is 9.21. The van der Waals surface area contributed by atoms with Crippen LogP contribution in [0.5, 0.6) is 0 Å². The van der Waals surface area contributed by atoms with E-state index in [1.165, 1.54) is 29.5 Å². The molecule has 9 rings (SSSR count). The fourth-order valence-electron chi connectivity index (χ4n) is 7.96. The van der Waals surface area contributed by atoms with Crippen molar-refractivity contribution < 1.29 is 23.1 Å². The van der Waals surface area contributed by atoms with Crippen molar-refractivity contribution in [2.45, 2.75) is 38.5 Å². The molecule has 1 N–H and O–H groups in total. The van der Waals surface area contributed by atoms with Gasteiger partial charge in [-0.3, -0.25) is 14.6 Å². The van der Waals surface area contributed by atoms with Crippen LogP contribution < -0.4 is 15.1 Å². The van der Waals surface area contributed by atoms with Gasteiger partial charge in [-0.15, -0.1) is 11.3 Å². The van der Waals surface area contributed by atoms with Gasteiger partial charge in [-0.25, -0.2) is 13.8 Å². The summed E-state index contributed by atoms with van der Waals surface area (Å²) < 4.78 is 34.9. The molecule has 1 spiro atoms. The molecule has 6 heterocycles. The number of carbonyl (C=O) groups is 2. The molecule has 2 fully saturated rings. The average Bonchev–Trinajstić information content (AvgIpc) is 3.75. The summed E-state index contributed by atoms with van der Waals surface area (Å²) in [7, 11) is 0. The molecule has 0 bridgehead atoms. The number of benzene rings is 2. The zero-order chi connectivity index (χ0) is 34.7. The zero-order valence-electron chi connectivity index (χ0n) is 27.9. The molecule has 11 heteroatoms. The molecule has 3 aliphatic heterocycles. The number of hydrogen-bond donors (Lipinski definition) is 1. The van der Waals surface area contributed by atoms with Crippen LogP contribution in [0.3, 0.4) is 0 Å². The Labute approximate surface area is 298 Å². The molecule has 1 aliphatic carbocycles. The van der Waals surface area contributed by atoms with E-state index >= 15 is 0 Å². The van der Waals surface area contributed by atoms with Gasteiger partial charge >= 0.3 is 0 Å². The number of pyridine rings is 2. The van der Waals surface area contributed by atoms with Gasteiger partial charge in [0.05, 0.1) is 16.1 Å². The minimum Gasteiger partial charge on any atom is -0.381 e. The molecule has 8 nitrogen and oxygen atoms in total. The van der Waals surface area contributed by atoms with Gasteiger partial charge in [0.1, 0.15) is 23.1 Å². The zero-order valence-corrected chi connectivity index (χ0v) is 28.7. The van der Waals surface area contributed by atoms with E-state index in [1.54, 1.807) is 47.5 Å². The number of ether oxygens (including phenoxy) is 1. The Bertz CT molecular complexity index is 2190. The fraction of sp³-hybridized carbons (Fsp3) is 0.300. The Hall–Kier alpha value is -5.00. The first-order valence-electron chi connectivity index (χ1n) is 17.5. The highest BCUT2D eigenvalue weighted by Gasteiger charge is 2.45. The van der Waals surface area contributed by atoms with Crippen LogP contribution in [-0.4, -0.2) is 54.6 Å². The molecule has 3 aromatic heterocycles. The Balaban J connectivity index is 0.951. The number of aryl methyl sites for hydroxylation is 2. The predicted octanol–water partition coefficient (Wildman–Crippen LogP) is 7.71. The SMILES string of the molecule is O=C(Nc1ccc(C(=O)N2CCc3cc(-c4ncccc4F)sc3-c3ccc(F)cc32)cc1)c1cc2c(nc1N1CC3(CCOCC3)C1)CCC2. The molecular weight excluding hydrogens is 669 g/mol. The third-order valence-electron chi connectivity index (χ3n) is 10.7. The quantitative estimate of drug-likeness (QED) is 0.202. The molecule has 0 unspecified atom stereocenters. The van der Waals surface area contributed by atoms with E-state index in [-0.39, 0.29) is 22.9 Å². The summed E-state index contributed by atoms with van der Waals surface area (Å²) >= 11 is 1.38. The lowest BCUT2D eigenvalue weighted by Crippen LogP contribution is -2.59. The van der Waals surface area contributed by atoms with Crippen LogP contribution in [0.2, 0.25) is 0 Å². The number of amides is 2. The highest BCUT2D eigenvalue weighted by Crippen LogP contribution is 2.46. The topological polar surface area (TPSA) is 87.7 Å². The van der Waals surface area contributed by atoms with Crippen molar-refractivity contribution in [2.24, 2.45) is 5.41 Å². The number of thiophene rings is 1. The second-order valence-electron chi connectivity index (χ2n) is 14.0. The highest BCUT2D eigenvalue weighted by atomic mass is 32.1. The van der Waals surface area contributed by atoms with Crippen LogP contribution in [0.15, 0.2) is 72.9 Å². The number of rotatable bonds is 5. The number of aromatic nitrogens is 2. The van der Waals surface area contributed by atoms with E-state index in [1.807, 2.05) is 12.1 Å². The molecule has 4 aliphatic rings. The lowest BCUT2D eigenvalue weighted by atomic mass is 9.73. The summed E-state index contributed by atoms with van der Waals surface area (Å²) in [5.41, 5.74) is 6.38. The third kappa shape index (κ3) is 5.78. The summed E-state index contributed by atoms with van der Waals surface area (Å²) in [4.78, 5) is 42.4. The Kier molecular flexibility index (Phi) is 7.92. The van der Waals surface area contributed by atoms with Gasteiger partial charge in [0.25, 0.3) is 11.8 Å². The Morgan fingerprint density at radius 2 is 1.75 bits per heavy atom. The van der Waals surface area contributed by atoms with E-state index < -0.39 is 11.6 Å². The van der Waals surface area contributed by atoms with Crippen LogP contribution in [0, 0.1) is 17.0 Å².